The lowest BCUT2D eigenvalue weighted by molar-refractivity contribution is -0.384. The zero-order valence-corrected chi connectivity index (χ0v) is 14.3. The number of fused-ring (bicyclic) bond motifs is 1. The number of nitro benzene ring substituents is 1. The Kier molecular flexibility index (Phi) is 5.64. The van der Waals surface area contributed by atoms with Crippen LogP contribution < -0.4 is 5.32 Å². The van der Waals surface area contributed by atoms with Crippen LogP contribution in [0.25, 0.3) is 0 Å². The molecule has 1 unspecified atom stereocenters. The second-order valence-corrected chi connectivity index (χ2v) is 6.83. The molecule has 0 saturated heterocycles. The number of carbonyl (C=O) groups excluding carboxylic acids is 1. The van der Waals surface area contributed by atoms with E-state index in [1.54, 1.807) is 12.1 Å². The van der Waals surface area contributed by atoms with Gasteiger partial charge in [0.25, 0.3) is 5.69 Å². The van der Waals surface area contributed by atoms with Gasteiger partial charge in [0.2, 0.25) is 5.91 Å². The SMILES string of the molecule is O=C(Nc1cccc([N+](=O)[O-])c1)C1[C@H]2CC/C=C\CC/C=C/CC[C@@H]12. The summed E-state index contributed by atoms with van der Waals surface area (Å²) in [6.45, 7) is 0. The van der Waals surface area contributed by atoms with Crippen LogP contribution >= 0.6 is 0 Å². The van der Waals surface area contributed by atoms with Gasteiger partial charge in [-0.05, 0) is 56.4 Å². The molecule has 0 radical (unpaired) electrons. The van der Waals surface area contributed by atoms with Crippen molar-refractivity contribution in [2.75, 3.05) is 5.32 Å². The molecule has 0 heterocycles. The highest BCUT2D eigenvalue weighted by atomic mass is 16.6. The topological polar surface area (TPSA) is 72.2 Å². The van der Waals surface area contributed by atoms with Crippen molar-refractivity contribution in [2.24, 2.45) is 17.8 Å². The van der Waals surface area contributed by atoms with Crippen LogP contribution in [0.5, 0.6) is 0 Å². The largest absolute Gasteiger partial charge is 0.326 e. The Hall–Kier alpha value is -2.43. The van der Waals surface area contributed by atoms with Gasteiger partial charge < -0.3 is 5.32 Å². The van der Waals surface area contributed by atoms with Crippen molar-refractivity contribution in [3.63, 3.8) is 0 Å². The molecule has 2 aliphatic rings. The standard InChI is InChI=1S/C20H24N2O3/c23-20(21-15-10-9-11-16(14-15)22(24)25)19-17-12-7-5-3-1-2-4-6-8-13-18(17)19/h3-6,9-11,14,17-19H,1-2,7-8,12-13H2,(H,21,23)/b5-3-,6-4+/t17-,18+,19?/m0/s1. The number of nitro groups is 1. The second-order valence-electron chi connectivity index (χ2n) is 6.83. The van der Waals surface area contributed by atoms with E-state index in [0.717, 1.165) is 38.5 Å². The van der Waals surface area contributed by atoms with E-state index in [-0.39, 0.29) is 17.5 Å². The lowest BCUT2D eigenvalue weighted by Crippen LogP contribution is -2.15. The molecule has 1 amide bonds. The number of non-ortho nitro benzene ring substituents is 1. The summed E-state index contributed by atoms with van der Waals surface area (Å²) >= 11 is 0. The summed E-state index contributed by atoms with van der Waals surface area (Å²) in [6.07, 6.45) is 15.2. The molecule has 0 aromatic heterocycles. The third kappa shape index (κ3) is 4.56. The Morgan fingerprint density at radius 1 is 1.00 bits per heavy atom. The molecule has 1 aromatic carbocycles. The smallest absolute Gasteiger partial charge is 0.271 e. The number of hydrogen-bond donors (Lipinski definition) is 1. The number of benzene rings is 1. The lowest BCUT2D eigenvalue weighted by Gasteiger charge is -2.05. The van der Waals surface area contributed by atoms with E-state index >= 15 is 0 Å². The molecule has 1 saturated carbocycles. The van der Waals surface area contributed by atoms with Gasteiger partial charge in [-0.15, -0.1) is 0 Å². The molecule has 5 nitrogen and oxygen atoms in total. The van der Waals surface area contributed by atoms with Gasteiger partial charge in [-0.1, -0.05) is 30.4 Å². The van der Waals surface area contributed by atoms with Gasteiger partial charge in [-0.25, -0.2) is 0 Å². The molecule has 1 fully saturated rings. The van der Waals surface area contributed by atoms with E-state index in [9.17, 15) is 14.9 Å². The first-order valence-electron chi connectivity index (χ1n) is 9.02. The van der Waals surface area contributed by atoms with Crippen LogP contribution in [0, 0.1) is 27.9 Å². The number of anilines is 1. The predicted octanol–water partition coefficient (Wildman–Crippen LogP) is 4.86. The molecule has 132 valence electrons. The first-order chi connectivity index (χ1) is 12.2. The number of nitrogens with zero attached hydrogens (tertiary/aromatic N) is 1. The fraction of sp³-hybridized carbons (Fsp3) is 0.450. The molecule has 3 atom stereocenters. The summed E-state index contributed by atoms with van der Waals surface area (Å²) in [5.74, 6) is 0.882. The van der Waals surface area contributed by atoms with Gasteiger partial charge >= 0.3 is 0 Å². The number of amides is 1. The van der Waals surface area contributed by atoms with Gasteiger partial charge in [0.15, 0.2) is 0 Å². The molecular formula is C20H24N2O3. The average Bonchev–Trinajstić information content (AvgIpc) is 3.27. The van der Waals surface area contributed by atoms with Crippen molar-refractivity contribution < 1.29 is 9.72 Å². The van der Waals surface area contributed by atoms with E-state index < -0.39 is 4.92 Å². The molecule has 5 heteroatoms. The van der Waals surface area contributed by atoms with E-state index in [4.69, 9.17) is 0 Å². The van der Waals surface area contributed by atoms with Crippen molar-refractivity contribution >= 4 is 17.3 Å². The van der Waals surface area contributed by atoms with Crippen molar-refractivity contribution in [1.82, 2.24) is 0 Å². The van der Waals surface area contributed by atoms with Crippen LogP contribution in [-0.4, -0.2) is 10.8 Å². The minimum atomic E-state index is -0.446. The zero-order valence-electron chi connectivity index (χ0n) is 14.3. The summed E-state index contributed by atoms with van der Waals surface area (Å²) in [4.78, 5) is 23.1. The first-order valence-corrected chi connectivity index (χ1v) is 9.02. The quantitative estimate of drug-likeness (QED) is 0.485. The highest BCUT2D eigenvalue weighted by Gasteiger charge is 2.52. The number of nitrogens with one attached hydrogen (secondary N) is 1. The third-order valence-electron chi connectivity index (χ3n) is 5.13. The van der Waals surface area contributed by atoms with Crippen LogP contribution in [0.3, 0.4) is 0 Å². The predicted molar refractivity (Wildman–Crippen MR) is 98.2 cm³/mol. The summed E-state index contributed by atoms with van der Waals surface area (Å²) in [5.41, 5.74) is 0.497. The van der Waals surface area contributed by atoms with Crippen molar-refractivity contribution in [1.29, 1.82) is 0 Å². The summed E-state index contributed by atoms with van der Waals surface area (Å²) in [7, 11) is 0. The molecule has 1 N–H and O–H groups in total. The molecule has 1 aromatic rings. The number of rotatable bonds is 3. The molecule has 25 heavy (non-hydrogen) atoms. The van der Waals surface area contributed by atoms with E-state index in [2.05, 4.69) is 29.6 Å². The number of carbonyl (C=O) groups is 1. The molecule has 0 bridgehead atoms. The Morgan fingerprint density at radius 2 is 1.60 bits per heavy atom. The summed E-state index contributed by atoms with van der Waals surface area (Å²) < 4.78 is 0. The van der Waals surface area contributed by atoms with Gasteiger partial charge in [-0.3, -0.25) is 14.9 Å². The molecular weight excluding hydrogens is 316 g/mol. The molecule has 0 aliphatic heterocycles. The van der Waals surface area contributed by atoms with Crippen molar-refractivity contribution in [3.05, 3.63) is 58.7 Å². The lowest BCUT2D eigenvalue weighted by atomic mass is 10.1. The van der Waals surface area contributed by atoms with Gasteiger partial charge in [-0.2, -0.15) is 0 Å². The van der Waals surface area contributed by atoms with Crippen molar-refractivity contribution in [2.45, 2.75) is 38.5 Å². The second kappa shape index (κ2) is 8.10. The third-order valence-corrected chi connectivity index (χ3v) is 5.13. The molecule has 2 aliphatic carbocycles. The molecule has 0 spiro atoms. The minimum absolute atomic E-state index is 0.00155. The van der Waals surface area contributed by atoms with E-state index in [0.29, 0.717) is 17.5 Å². The maximum Gasteiger partial charge on any atom is 0.271 e. The zero-order chi connectivity index (χ0) is 17.6. The van der Waals surface area contributed by atoms with Gasteiger partial charge in [0, 0.05) is 23.7 Å². The Balaban J connectivity index is 1.63. The minimum Gasteiger partial charge on any atom is -0.326 e. The first kappa shape index (κ1) is 17.4. The highest BCUT2D eigenvalue weighted by molar-refractivity contribution is 5.95. The Bertz CT molecular complexity index is 672. The fourth-order valence-electron chi connectivity index (χ4n) is 3.79. The number of hydrogen-bond acceptors (Lipinski definition) is 3. The molecule has 3 rings (SSSR count). The van der Waals surface area contributed by atoms with E-state index in [1.807, 2.05) is 0 Å². The Morgan fingerprint density at radius 3 is 2.20 bits per heavy atom. The van der Waals surface area contributed by atoms with E-state index in [1.165, 1.54) is 12.1 Å². The number of allylic oxidation sites excluding steroid dienone is 4. The Labute approximate surface area is 148 Å². The van der Waals surface area contributed by atoms with Crippen LogP contribution in [0.2, 0.25) is 0 Å². The van der Waals surface area contributed by atoms with Crippen LogP contribution in [0.1, 0.15) is 38.5 Å². The van der Waals surface area contributed by atoms with Crippen LogP contribution in [-0.2, 0) is 4.79 Å². The van der Waals surface area contributed by atoms with Crippen LogP contribution in [0.4, 0.5) is 11.4 Å². The van der Waals surface area contributed by atoms with Crippen LogP contribution in [0.15, 0.2) is 48.6 Å². The fourth-order valence-corrected chi connectivity index (χ4v) is 3.79. The monoisotopic (exact) mass is 340 g/mol. The van der Waals surface area contributed by atoms with Gasteiger partial charge in [0.05, 0.1) is 4.92 Å². The normalized spacial score (nSPS) is 28.6. The highest BCUT2D eigenvalue weighted by Crippen LogP contribution is 2.52. The van der Waals surface area contributed by atoms with Crippen molar-refractivity contribution in [3.8, 4) is 0 Å². The average molecular weight is 340 g/mol. The maximum absolute atomic E-state index is 12.6. The van der Waals surface area contributed by atoms with Gasteiger partial charge in [0.1, 0.15) is 0 Å². The maximum atomic E-state index is 12.6. The summed E-state index contributed by atoms with van der Waals surface area (Å²) in [5, 5.41) is 13.7. The summed E-state index contributed by atoms with van der Waals surface area (Å²) in [6, 6.07) is 6.14.